The molecule has 0 radical (unpaired) electrons. The number of phenols is 1. The highest BCUT2D eigenvalue weighted by Gasteiger charge is 2.16. The zero-order valence-electron chi connectivity index (χ0n) is 15.7. The van der Waals surface area contributed by atoms with E-state index in [9.17, 15) is 5.11 Å². The zero-order valence-corrected chi connectivity index (χ0v) is 15.7. The first-order valence-corrected chi connectivity index (χ1v) is 8.58. The van der Waals surface area contributed by atoms with Crippen LogP contribution in [0.4, 0.5) is 0 Å². The fraction of sp³-hybridized carbons (Fsp3) is 0.143. The SMILES string of the molecule is COc1ccc(O)c(-c2ccnc3c(-c4ccc(OC)c(OC)c4)cnn23)c1. The largest absolute Gasteiger partial charge is 0.507 e. The minimum atomic E-state index is 0.136. The van der Waals surface area contributed by atoms with Crippen LogP contribution in [0.15, 0.2) is 54.9 Å². The van der Waals surface area contributed by atoms with Gasteiger partial charge in [-0.3, -0.25) is 0 Å². The molecule has 4 rings (SSSR count). The van der Waals surface area contributed by atoms with Gasteiger partial charge in [-0.1, -0.05) is 6.07 Å². The molecular formula is C21H19N3O4. The van der Waals surface area contributed by atoms with E-state index in [-0.39, 0.29) is 5.75 Å². The van der Waals surface area contributed by atoms with Gasteiger partial charge in [0.15, 0.2) is 17.1 Å². The summed E-state index contributed by atoms with van der Waals surface area (Å²) in [5.74, 6) is 2.06. The van der Waals surface area contributed by atoms with Gasteiger partial charge in [0.1, 0.15) is 11.5 Å². The van der Waals surface area contributed by atoms with Gasteiger partial charge in [-0.05, 0) is 42.0 Å². The van der Waals surface area contributed by atoms with Gasteiger partial charge < -0.3 is 19.3 Å². The van der Waals surface area contributed by atoms with Gasteiger partial charge in [0, 0.05) is 17.3 Å². The predicted octanol–water partition coefficient (Wildman–Crippen LogP) is 3.79. The first kappa shape index (κ1) is 17.7. The fourth-order valence-electron chi connectivity index (χ4n) is 3.15. The smallest absolute Gasteiger partial charge is 0.163 e. The Kier molecular flexibility index (Phi) is 4.49. The van der Waals surface area contributed by atoms with Crippen molar-refractivity contribution in [1.82, 2.24) is 14.6 Å². The fourth-order valence-corrected chi connectivity index (χ4v) is 3.15. The van der Waals surface area contributed by atoms with Crippen LogP contribution in [0.3, 0.4) is 0 Å². The summed E-state index contributed by atoms with van der Waals surface area (Å²) in [6.45, 7) is 0. The molecule has 28 heavy (non-hydrogen) atoms. The third kappa shape index (κ3) is 2.87. The number of ether oxygens (including phenoxy) is 3. The Labute approximate surface area is 161 Å². The minimum absolute atomic E-state index is 0.136. The molecule has 0 unspecified atom stereocenters. The summed E-state index contributed by atoms with van der Waals surface area (Å²) in [5.41, 5.74) is 3.70. The summed E-state index contributed by atoms with van der Waals surface area (Å²) in [5, 5.41) is 14.8. The van der Waals surface area contributed by atoms with Crippen LogP contribution in [-0.4, -0.2) is 41.0 Å². The number of hydrogen-bond donors (Lipinski definition) is 1. The van der Waals surface area contributed by atoms with Crippen LogP contribution in [0.25, 0.3) is 28.0 Å². The van der Waals surface area contributed by atoms with Crippen molar-refractivity contribution in [2.45, 2.75) is 0 Å². The highest BCUT2D eigenvalue weighted by Crippen LogP contribution is 2.36. The van der Waals surface area contributed by atoms with Crippen molar-refractivity contribution in [2.24, 2.45) is 0 Å². The van der Waals surface area contributed by atoms with Crippen molar-refractivity contribution >= 4 is 5.65 Å². The van der Waals surface area contributed by atoms with E-state index in [4.69, 9.17) is 14.2 Å². The van der Waals surface area contributed by atoms with Crippen molar-refractivity contribution in [1.29, 1.82) is 0 Å². The third-order valence-electron chi connectivity index (χ3n) is 4.58. The lowest BCUT2D eigenvalue weighted by molar-refractivity contribution is 0.355. The number of fused-ring (bicyclic) bond motifs is 1. The van der Waals surface area contributed by atoms with Crippen LogP contribution in [-0.2, 0) is 0 Å². The molecule has 0 amide bonds. The molecule has 0 aliphatic rings. The Morgan fingerprint density at radius 3 is 2.43 bits per heavy atom. The van der Waals surface area contributed by atoms with Gasteiger partial charge in [-0.15, -0.1) is 0 Å². The average Bonchev–Trinajstić information content (AvgIpc) is 3.18. The lowest BCUT2D eigenvalue weighted by Gasteiger charge is -2.10. The molecule has 0 aliphatic heterocycles. The molecule has 0 bridgehead atoms. The number of methoxy groups -OCH3 is 3. The van der Waals surface area contributed by atoms with Crippen LogP contribution >= 0.6 is 0 Å². The minimum Gasteiger partial charge on any atom is -0.507 e. The molecule has 2 heterocycles. The van der Waals surface area contributed by atoms with E-state index in [1.54, 1.807) is 62.5 Å². The van der Waals surface area contributed by atoms with Crippen molar-refractivity contribution < 1.29 is 19.3 Å². The summed E-state index contributed by atoms with van der Waals surface area (Å²) in [6.07, 6.45) is 3.43. The summed E-state index contributed by atoms with van der Waals surface area (Å²) >= 11 is 0. The Morgan fingerprint density at radius 2 is 1.68 bits per heavy atom. The maximum atomic E-state index is 10.3. The standard InChI is InChI=1S/C21H19N3O4/c1-26-14-5-6-18(25)15(11-14)17-8-9-22-21-16(12-23-24(17)21)13-4-7-19(27-2)20(10-13)28-3/h4-12,25H,1-3H3. The lowest BCUT2D eigenvalue weighted by atomic mass is 10.1. The Bertz CT molecular complexity index is 1150. The van der Waals surface area contributed by atoms with E-state index >= 15 is 0 Å². The van der Waals surface area contributed by atoms with Crippen LogP contribution in [0.5, 0.6) is 23.0 Å². The number of benzene rings is 2. The van der Waals surface area contributed by atoms with Crippen molar-refractivity contribution in [3.63, 3.8) is 0 Å². The first-order valence-electron chi connectivity index (χ1n) is 8.58. The number of phenolic OH excluding ortho intramolecular Hbond substituents is 1. The Morgan fingerprint density at radius 1 is 0.857 bits per heavy atom. The van der Waals surface area contributed by atoms with E-state index in [1.807, 2.05) is 18.2 Å². The molecule has 1 N–H and O–H groups in total. The van der Waals surface area contributed by atoms with Crippen molar-refractivity contribution in [2.75, 3.05) is 21.3 Å². The van der Waals surface area contributed by atoms with Crippen LogP contribution in [0.2, 0.25) is 0 Å². The number of hydrogen-bond acceptors (Lipinski definition) is 6. The second-order valence-corrected chi connectivity index (χ2v) is 6.08. The second kappa shape index (κ2) is 7.11. The lowest BCUT2D eigenvalue weighted by Crippen LogP contribution is -1.97. The number of aromatic nitrogens is 3. The van der Waals surface area contributed by atoms with E-state index in [0.717, 1.165) is 11.1 Å². The number of nitrogens with zero attached hydrogens (tertiary/aromatic N) is 3. The maximum absolute atomic E-state index is 10.3. The maximum Gasteiger partial charge on any atom is 0.163 e. The molecule has 0 fully saturated rings. The zero-order chi connectivity index (χ0) is 19.7. The monoisotopic (exact) mass is 377 g/mol. The molecular weight excluding hydrogens is 358 g/mol. The van der Waals surface area contributed by atoms with Gasteiger partial charge >= 0.3 is 0 Å². The van der Waals surface area contributed by atoms with Crippen LogP contribution < -0.4 is 14.2 Å². The highest BCUT2D eigenvalue weighted by atomic mass is 16.5. The van der Waals surface area contributed by atoms with Crippen molar-refractivity contribution in [3.8, 4) is 45.4 Å². The van der Waals surface area contributed by atoms with Gasteiger partial charge in [-0.25, -0.2) is 9.50 Å². The molecule has 0 atom stereocenters. The van der Waals surface area contributed by atoms with Gasteiger partial charge in [0.2, 0.25) is 0 Å². The molecule has 0 spiro atoms. The summed E-state index contributed by atoms with van der Waals surface area (Å²) in [4.78, 5) is 4.49. The van der Waals surface area contributed by atoms with Crippen LogP contribution in [0, 0.1) is 0 Å². The summed E-state index contributed by atoms with van der Waals surface area (Å²) in [7, 11) is 4.78. The Hall–Kier alpha value is -3.74. The third-order valence-corrected chi connectivity index (χ3v) is 4.58. The molecule has 7 nitrogen and oxygen atoms in total. The molecule has 0 saturated heterocycles. The van der Waals surface area contributed by atoms with Crippen LogP contribution in [0.1, 0.15) is 0 Å². The summed E-state index contributed by atoms with van der Waals surface area (Å²) < 4.78 is 17.7. The quantitative estimate of drug-likeness (QED) is 0.570. The first-order chi connectivity index (χ1) is 13.7. The molecule has 2 aromatic heterocycles. The summed E-state index contributed by atoms with van der Waals surface area (Å²) in [6, 6.07) is 12.5. The number of aromatic hydroxyl groups is 1. The molecule has 0 saturated carbocycles. The number of rotatable bonds is 5. The second-order valence-electron chi connectivity index (χ2n) is 6.08. The van der Waals surface area contributed by atoms with E-state index in [0.29, 0.717) is 34.2 Å². The van der Waals surface area contributed by atoms with E-state index in [2.05, 4.69) is 10.1 Å². The van der Waals surface area contributed by atoms with E-state index < -0.39 is 0 Å². The average molecular weight is 377 g/mol. The molecule has 7 heteroatoms. The van der Waals surface area contributed by atoms with Gasteiger partial charge in [-0.2, -0.15) is 5.10 Å². The molecule has 4 aromatic rings. The topological polar surface area (TPSA) is 78.1 Å². The normalized spacial score (nSPS) is 10.8. The predicted molar refractivity (Wildman–Crippen MR) is 105 cm³/mol. The molecule has 0 aliphatic carbocycles. The van der Waals surface area contributed by atoms with Crippen molar-refractivity contribution in [3.05, 3.63) is 54.9 Å². The highest BCUT2D eigenvalue weighted by molar-refractivity contribution is 5.81. The molecule has 2 aromatic carbocycles. The molecule has 142 valence electrons. The van der Waals surface area contributed by atoms with Gasteiger partial charge in [0.25, 0.3) is 0 Å². The Balaban J connectivity index is 1.89. The van der Waals surface area contributed by atoms with Gasteiger partial charge in [0.05, 0.1) is 33.2 Å². The van der Waals surface area contributed by atoms with E-state index in [1.165, 1.54) is 0 Å².